The summed E-state index contributed by atoms with van der Waals surface area (Å²) in [5.74, 6) is -0.292. The lowest BCUT2D eigenvalue weighted by molar-refractivity contribution is 0.0998. The third-order valence-corrected chi connectivity index (χ3v) is 4.64. The van der Waals surface area contributed by atoms with E-state index in [-0.39, 0.29) is 5.91 Å². The number of fused-ring (bicyclic) bond motifs is 1. The van der Waals surface area contributed by atoms with Crippen LogP contribution in [0.25, 0.3) is 10.2 Å². The van der Waals surface area contributed by atoms with Gasteiger partial charge in [0.05, 0.1) is 10.2 Å². The molecular weight excluding hydrogens is 327 g/mol. The van der Waals surface area contributed by atoms with Crippen LogP contribution in [0.5, 0.6) is 0 Å². The molecule has 0 saturated heterocycles. The van der Waals surface area contributed by atoms with Crippen molar-refractivity contribution in [1.82, 2.24) is 4.57 Å². The molecule has 0 bridgehead atoms. The first-order chi connectivity index (χ1) is 10.0. The minimum atomic E-state index is -0.292. The summed E-state index contributed by atoms with van der Waals surface area (Å²) in [6, 6.07) is 12.3. The van der Waals surface area contributed by atoms with E-state index in [0.29, 0.717) is 20.4 Å². The molecule has 3 nitrogen and oxygen atoms in total. The maximum atomic E-state index is 12.2. The van der Waals surface area contributed by atoms with Gasteiger partial charge in [0.1, 0.15) is 0 Å². The maximum Gasteiger partial charge on any atom is 0.279 e. The first kappa shape index (κ1) is 14.3. The van der Waals surface area contributed by atoms with Crippen molar-refractivity contribution in [3.8, 4) is 0 Å². The lowest BCUT2D eigenvalue weighted by Gasteiger charge is -1.96. The molecule has 3 rings (SSSR count). The first-order valence-corrected chi connectivity index (χ1v) is 7.71. The number of carbonyl (C=O) groups excluding carboxylic acids is 1. The fraction of sp³-hybridized carbons (Fsp3) is 0.0667. The number of hydrogen-bond donors (Lipinski definition) is 0. The summed E-state index contributed by atoms with van der Waals surface area (Å²) in [4.78, 5) is 17.0. The van der Waals surface area contributed by atoms with Crippen LogP contribution in [0.3, 0.4) is 0 Å². The van der Waals surface area contributed by atoms with E-state index in [1.807, 2.05) is 29.8 Å². The quantitative estimate of drug-likeness (QED) is 0.652. The topological polar surface area (TPSA) is 34.4 Å². The fourth-order valence-electron chi connectivity index (χ4n) is 1.96. The van der Waals surface area contributed by atoms with Crippen LogP contribution in [0.15, 0.2) is 47.5 Å². The summed E-state index contributed by atoms with van der Waals surface area (Å²) in [6.07, 6.45) is 0. The Morgan fingerprint density at radius 3 is 2.48 bits per heavy atom. The number of aromatic nitrogens is 1. The molecule has 3 aromatic rings. The van der Waals surface area contributed by atoms with Crippen molar-refractivity contribution in [3.63, 3.8) is 0 Å². The Labute approximate surface area is 135 Å². The second-order valence-electron chi connectivity index (χ2n) is 4.48. The third-order valence-electron chi connectivity index (χ3n) is 3.06. The van der Waals surface area contributed by atoms with Gasteiger partial charge in [-0.05, 0) is 42.5 Å². The van der Waals surface area contributed by atoms with Gasteiger partial charge in [0.25, 0.3) is 5.91 Å². The molecule has 21 heavy (non-hydrogen) atoms. The minimum Gasteiger partial charge on any atom is -0.319 e. The molecular formula is C15H10Cl2N2OS. The van der Waals surface area contributed by atoms with E-state index < -0.39 is 0 Å². The Hall–Kier alpha value is -1.62. The lowest BCUT2D eigenvalue weighted by atomic mass is 10.2. The van der Waals surface area contributed by atoms with E-state index in [4.69, 9.17) is 23.2 Å². The molecule has 0 unspecified atom stereocenters. The minimum absolute atomic E-state index is 0.292. The van der Waals surface area contributed by atoms with E-state index in [2.05, 4.69) is 4.99 Å². The highest BCUT2D eigenvalue weighted by molar-refractivity contribution is 7.16. The number of nitrogens with zero attached hydrogens (tertiary/aromatic N) is 2. The van der Waals surface area contributed by atoms with Crippen molar-refractivity contribution in [2.24, 2.45) is 12.0 Å². The van der Waals surface area contributed by atoms with E-state index in [1.54, 1.807) is 24.3 Å². The normalized spacial score (nSPS) is 12.0. The Balaban J connectivity index is 2.09. The molecule has 0 N–H and O–H groups in total. The van der Waals surface area contributed by atoms with E-state index >= 15 is 0 Å². The maximum absolute atomic E-state index is 12.2. The van der Waals surface area contributed by atoms with Crippen molar-refractivity contribution in [3.05, 3.63) is 62.9 Å². The molecule has 0 radical (unpaired) electrons. The molecule has 0 aliphatic heterocycles. The lowest BCUT2D eigenvalue weighted by Crippen LogP contribution is -2.13. The number of aryl methyl sites for hydroxylation is 1. The van der Waals surface area contributed by atoms with Crippen LogP contribution < -0.4 is 4.80 Å². The average Bonchev–Trinajstić information content (AvgIpc) is 2.75. The smallest absolute Gasteiger partial charge is 0.279 e. The molecule has 1 aromatic heterocycles. The molecule has 0 atom stereocenters. The van der Waals surface area contributed by atoms with Crippen LogP contribution >= 0.6 is 34.5 Å². The molecule has 1 heterocycles. The average molecular weight is 337 g/mol. The van der Waals surface area contributed by atoms with Gasteiger partial charge in [-0.1, -0.05) is 34.5 Å². The zero-order valence-corrected chi connectivity index (χ0v) is 13.3. The number of carbonyl (C=O) groups is 1. The fourth-order valence-corrected chi connectivity index (χ4v) is 3.38. The van der Waals surface area contributed by atoms with Gasteiger partial charge in [-0.15, -0.1) is 0 Å². The number of amides is 1. The molecule has 1 amide bonds. The van der Waals surface area contributed by atoms with Crippen molar-refractivity contribution in [1.29, 1.82) is 0 Å². The molecule has 0 spiro atoms. The third kappa shape index (κ3) is 2.88. The summed E-state index contributed by atoms with van der Waals surface area (Å²) in [5.41, 5.74) is 1.50. The van der Waals surface area contributed by atoms with E-state index in [0.717, 1.165) is 10.2 Å². The Bertz CT molecular complexity index is 894. The van der Waals surface area contributed by atoms with Crippen molar-refractivity contribution in [2.75, 3.05) is 0 Å². The van der Waals surface area contributed by atoms with Gasteiger partial charge in [-0.3, -0.25) is 4.79 Å². The summed E-state index contributed by atoms with van der Waals surface area (Å²) >= 11 is 13.2. The number of halogens is 2. The number of benzene rings is 2. The largest absolute Gasteiger partial charge is 0.319 e. The van der Waals surface area contributed by atoms with Gasteiger partial charge in [-0.25, -0.2) is 0 Å². The van der Waals surface area contributed by atoms with Gasteiger partial charge in [0.15, 0.2) is 4.80 Å². The van der Waals surface area contributed by atoms with Gasteiger partial charge in [0, 0.05) is 22.7 Å². The monoisotopic (exact) mass is 336 g/mol. The predicted molar refractivity (Wildman–Crippen MR) is 87.2 cm³/mol. The summed E-state index contributed by atoms with van der Waals surface area (Å²) in [5, 5.41) is 1.26. The molecule has 0 aliphatic carbocycles. The Morgan fingerprint density at radius 1 is 1.10 bits per heavy atom. The number of thiazole rings is 1. The Kier molecular flexibility index (Phi) is 3.85. The molecule has 0 saturated carbocycles. The molecule has 0 aliphatic rings. The predicted octanol–water partition coefficient (Wildman–Crippen LogP) is 4.29. The zero-order chi connectivity index (χ0) is 15.0. The van der Waals surface area contributed by atoms with Crippen LogP contribution in [0.4, 0.5) is 0 Å². The van der Waals surface area contributed by atoms with Gasteiger partial charge >= 0.3 is 0 Å². The molecule has 6 heteroatoms. The van der Waals surface area contributed by atoms with Crippen molar-refractivity contribution >= 4 is 50.7 Å². The SMILES string of the molecule is Cn1c(=NC(=O)c2ccc(Cl)cc2)sc2cc(Cl)ccc21. The van der Waals surface area contributed by atoms with Crippen LogP contribution in [-0.4, -0.2) is 10.5 Å². The zero-order valence-electron chi connectivity index (χ0n) is 11.0. The van der Waals surface area contributed by atoms with Gasteiger partial charge < -0.3 is 4.57 Å². The summed E-state index contributed by atoms with van der Waals surface area (Å²) in [6.45, 7) is 0. The highest BCUT2D eigenvalue weighted by Gasteiger charge is 2.07. The molecule has 0 fully saturated rings. The summed E-state index contributed by atoms with van der Waals surface area (Å²) in [7, 11) is 1.88. The summed E-state index contributed by atoms with van der Waals surface area (Å²) < 4.78 is 2.87. The van der Waals surface area contributed by atoms with E-state index in [1.165, 1.54) is 11.3 Å². The molecule has 2 aromatic carbocycles. The van der Waals surface area contributed by atoms with E-state index in [9.17, 15) is 4.79 Å². The Morgan fingerprint density at radius 2 is 1.76 bits per heavy atom. The highest BCUT2D eigenvalue weighted by atomic mass is 35.5. The number of rotatable bonds is 1. The standard InChI is InChI=1S/C15H10Cl2N2OS/c1-19-12-7-6-11(17)8-13(12)21-15(19)18-14(20)9-2-4-10(16)5-3-9/h2-8H,1H3. The van der Waals surface area contributed by atoms with Crippen molar-refractivity contribution < 1.29 is 4.79 Å². The highest BCUT2D eigenvalue weighted by Crippen LogP contribution is 2.21. The van der Waals surface area contributed by atoms with Crippen molar-refractivity contribution in [2.45, 2.75) is 0 Å². The second-order valence-corrected chi connectivity index (χ2v) is 6.36. The molecule has 106 valence electrons. The van der Waals surface area contributed by atoms with Crippen LogP contribution in [0, 0.1) is 0 Å². The van der Waals surface area contributed by atoms with Crippen LogP contribution in [0.2, 0.25) is 10.0 Å². The van der Waals surface area contributed by atoms with Gasteiger partial charge in [0.2, 0.25) is 0 Å². The van der Waals surface area contributed by atoms with Gasteiger partial charge in [-0.2, -0.15) is 4.99 Å². The first-order valence-electron chi connectivity index (χ1n) is 6.14. The number of hydrogen-bond acceptors (Lipinski definition) is 2. The second kappa shape index (κ2) is 5.64. The van der Waals surface area contributed by atoms with Crippen LogP contribution in [0.1, 0.15) is 10.4 Å². The van der Waals surface area contributed by atoms with Crippen LogP contribution in [-0.2, 0) is 7.05 Å².